The predicted octanol–water partition coefficient (Wildman–Crippen LogP) is 1.22. The topological polar surface area (TPSA) is 37.4 Å². The fourth-order valence-electron chi connectivity index (χ4n) is 1.58. The largest absolute Gasteiger partial charge is 0.330 e. The fourth-order valence-corrected chi connectivity index (χ4v) is 1.58. The van der Waals surface area contributed by atoms with Crippen LogP contribution in [0.1, 0.15) is 34.1 Å². The first-order valence-electron chi connectivity index (χ1n) is 4.65. The lowest BCUT2D eigenvalue weighted by Crippen LogP contribution is -2.53. The van der Waals surface area contributed by atoms with Gasteiger partial charge in [0.15, 0.2) is 5.78 Å². The first-order valence-corrected chi connectivity index (χ1v) is 4.65. The second-order valence-corrected chi connectivity index (χ2v) is 4.74. The Morgan fingerprint density at radius 2 is 1.85 bits per heavy atom. The van der Waals surface area contributed by atoms with E-state index in [9.17, 15) is 9.59 Å². The number of nitrogens with zero attached hydrogens (tertiary/aromatic N) is 1. The monoisotopic (exact) mass is 183 g/mol. The molecule has 1 amide bonds. The maximum absolute atomic E-state index is 11.7. The average Bonchev–Trinajstić information content (AvgIpc) is 1.94. The first-order chi connectivity index (χ1) is 5.82. The number of rotatable bonds is 0. The van der Waals surface area contributed by atoms with Crippen molar-refractivity contribution in [2.24, 2.45) is 5.92 Å². The van der Waals surface area contributed by atoms with Crippen LogP contribution >= 0.6 is 0 Å². The third kappa shape index (κ3) is 2.08. The minimum Gasteiger partial charge on any atom is -0.330 e. The van der Waals surface area contributed by atoms with Crippen molar-refractivity contribution in [1.29, 1.82) is 0 Å². The van der Waals surface area contributed by atoms with E-state index >= 15 is 0 Å². The van der Waals surface area contributed by atoms with Gasteiger partial charge in [0, 0.05) is 17.9 Å². The number of piperidine rings is 1. The van der Waals surface area contributed by atoms with Crippen LogP contribution in [0.2, 0.25) is 0 Å². The van der Waals surface area contributed by atoms with E-state index in [1.807, 2.05) is 27.7 Å². The van der Waals surface area contributed by atoms with Crippen molar-refractivity contribution in [3.63, 3.8) is 0 Å². The van der Waals surface area contributed by atoms with Gasteiger partial charge in [0.2, 0.25) is 5.91 Å². The van der Waals surface area contributed by atoms with Crippen molar-refractivity contribution in [1.82, 2.24) is 4.90 Å². The van der Waals surface area contributed by atoms with Gasteiger partial charge in [-0.1, -0.05) is 6.92 Å². The van der Waals surface area contributed by atoms with Gasteiger partial charge in [0.05, 0.1) is 6.54 Å². The molecule has 1 heterocycles. The first kappa shape index (κ1) is 10.2. The summed E-state index contributed by atoms with van der Waals surface area (Å²) in [6.07, 6.45) is 0.408. The van der Waals surface area contributed by atoms with Crippen LogP contribution in [0.5, 0.6) is 0 Å². The Bertz CT molecular complexity index is 240. The molecule has 0 radical (unpaired) electrons. The number of amides is 1. The SMILES string of the molecule is CC1CC(=O)CN(C(C)(C)C)C1=O. The Balaban J connectivity index is 2.84. The molecule has 0 aromatic heterocycles. The molecule has 74 valence electrons. The molecule has 1 aliphatic rings. The number of hydrogen-bond acceptors (Lipinski definition) is 2. The maximum Gasteiger partial charge on any atom is 0.226 e. The fraction of sp³-hybridized carbons (Fsp3) is 0.800. The van der Waals surface area contributed by atoms with E-state index in [4.69, 9.17) is 0 Å². The summed E-state index contributed by atoms with van der Waals surface area (Å²) < 4.78 is 0. The summed E-state index contributed by atoms with van der Waals surface area (Å²) in [5, 5.41) is 0. The lowest BCUT2D eigenvalue weighted by Gasteiger charge is -2.39. The van der Waals surface area contributed by atoms with Crippen molar-refractivity contribution < 1.29 is 9.59 Å². The minimum absolute atomic E-state index is 0.104. The molecule has 1 rings (SSSR count). The Hall–Kier alpha value is -0.860. The molecule has 3 nitrogen and oxygen atoms in total. The van der Waals surface area contributed by atoms with Crippen molar-refractivity contribution in [2.45, 2.75) is 39.7 Å². The smallest absolute Gasteiger partial charge is 0.226 e. The molecule has 1 fully saturated rings. The molecule has 0 saturated carbocycles. The highest BCUT2D eigenvalue weighted by Crippen LogP contribution is 2.22. The highest BCUT2D eigenvalue weighted by atomic mass is 16.2. The van der Waals surface area contributed by atoms with Crippen LogP contribution in [0.3, 0.4) is 0 Å². The van der Waals surface area contributed by atoms with Crippen molar-refractivity contribution in [2.75, 3.05) is 6.54 Å². The molecule has 3 heteroatoms. The maximum atomic E-state index is 11.7. The zero-order valence-electron chi connectivity index (χ0n) is 8.76. The molecule has 0 N–H and O–H groups in total. The van der Waals surface area contributed by atoms with Crippen LogP contribution < -0.4 is 0 Å². The van der Waals surface area contributed by atoms with Gasteiger partial charge >= 0.3 is 0 Å². The summed E-state index contributed by atoms with van der Waals surface area (Å²) >= 11 is 0. The summed E-state index contributed by atoms with van der Waals surface area (Å²) in [4.78, 5) is 24.6. The van der Waals surface area contributed by atoms with E-state index in [-0.39, 0.29) is 29.7 Å². The van der Waals surface area contributed by atoms with E-state index in [1.165, 1.54) is 0 Å². The molecule has 0 aromatic rings. The van der Waals surface area contributed by atoms with Gasteiger partial charge in [-0.05, 0) is 20.8 Å². The number of hydrogen-bond donors (Lipinski definition) is 0. The van der Waals surface area contributed by atoms with Crippen LogP contribution in [0.15, 0.2) is 0 Å². The molecular formula is C10H17NO2. The molecule has 0 aromatic carbocycles. The number of Topliss-reactive ketones (excluding diaryl/α,β-unsaturated/α-hetero) is 1. The van der Waals surface area contributed by atoms with Crippen molar-refractivity contribution in [3.8, 4) is 0 Å². The molecule has 1 atom stereocenters. The van der Waals surface area contributed by atoms with Crippen molar-refractivity contribution >= 4 is 11.7 Å². The number of carbonyl (C=O) groups excluding carboxylic acids is 2. The predicted molar refractivity (Wildman–Crippen MR) is 50.3 cm³/mol. The lowest BCUT2D eigenvalue weighted by molar-refractivity contribution is -0.149. The highest BCUT2D eigenvalue weighted by molar-refractivity contribution is 5.94. The molecular weight excluding hydrogens is 166 g/mol. The second-order valence-electron chi connectivity index (χ2n) is 4.74. The number of carbonyl (C=O) groups is 2. The molecule has 0 bridgehead atoms. The zero-order valence-corrected chi connectivity index (χ0v) is 8.76. The van der Waals surface area contributed by atoms with E-state index < -0.39 is 0 Å². The van der Waals surface area contributed by atoms with Gasteiger partial charge in [0.25, 0.3) is 0 Å². The van der Waals surface area contributed by atoms with Crippen LogP contribution in [0.4, 0.5) is 0 Å². The zero-order chi connectivity index (χ0) is 10.2. The second kappa shape index (κ2) is 3.13. The summed E-state index contributed by atoms with van der Waals surface area (Å²) in [7, 11) is 0. The molecule has 1 saturated heterocycles. The number of likely N-dealkylation sites (tertiary alicyclic amines) is 1. The summed E-state index contributed by atoms with van der Waals surface area (Å²) in [6.45, 7) is 7.97. The molecule has 0 aliphatic carbocycles. The molecule has 0 spiro atoms. The van der Waals surface area contributed by atoms with Crippen LogP contribution in [-0.2, 0) is 9.59 Å². The number of ketones is 1. The summed E-state index contributed by atoms with van der Waals surface area (Å²) in [5.41, 5.74) is -0.235. The molecule has 1 aliphatic heterocycles. The Morgan fingerprint density at radius 3 is 2.31 bits per heavy atom. The van der Waals surface area contributed by atoms with E-state index in [1.54, 1.807) is 4.90 Å². The van der Waals surface area contributed by atoms with Gasteiger partial charge < -0.3 is 4.90 Å². The third-order valence-electron chi connectivity index (χ3n) is 2.37. The van der Waals surface area contributed by atoms with Crippen molar-refractivity contribution in [3.05, 3.63) is 0 Å². The highest BCUT2D eigenvalue weighted by Gasteiger charge is 2.36. The Labute approximate surface area is 79.1 Å². The van der Waals surface area contributed by atoms with E-state index in [0.29, 0.717) is 6.42 Å². The van der Waals surface area contributed by atoms with Gasteiger partial charge in [-0.15, -0.1) is 0 Å². The summed E-state index contributed by atoms with van der Waals surface area (Å²) in [5.74, 6) is 0.134. The molecule has 13 heavy (non-hydrogen) atoms. The van der Waals surface area contributed by atoms with E-state index in [0.717, 1.165) is 0 Å². The lowest BCUT2D eigenvalue weighted by atomic mass is 9.93. The van der Waals surface area contributed by atoms with Gasteiger partial charge in [-0.3, -0.25) is 9.59 Å². The van der Waals surface area contributed by atoms with Crippen LogP contribution in [-0.4, -0.2) is 28.7 Å². The third-order valence-corrected chi connectivity index (χ3v) is 2.37. The van der Waals surface area contributed by atoms with Gasteiger partial charge in [0.1, 0.15) is 0 Å². The Kier molecular flexibility index (Phi) is 2.46. The van der Waals surface area contributed by atoms with Crippen LogP contribution in [0, 0.1) is 5.92 Å². The van der Waals surface area contributed by atoms with Gasteiger partial charge in [-0.25, -0.2) is 0 Å². The average molecular weight is 183 g/mol. The summed E-state index contributed by atoms with van der Waals surface area (Å²) in [6, 6.07) is 0. The molecule has 1 unspecified atom stereocenters. The van der Waals surface area contributed by atoms with Gasteiger partial charge in [-0.2, -0.15) is 0 Å². The normalized spacial score (nSPS) is 25.2. The van der Waals surface area contributed by atoms with Crippen LogP contribution in [0.25, 0.3) is 0 Å². The Morgan fingerprint density at radius 1 is 1.31 bits per heavy atom. The van der Waals surface area contributed by atoms with E-state index in [2.05, 4.69) is 0 Å². The minimum atomic E-state index is -0.235. The quantitative estimate of drug-likeness (QED) is 0.566. The standard InChI is InChI=1S/C10H17NO2/c1-7-5-8(12)6-11(9(7)13)10(2,3)4/h7H,5-6H2,1-4H3.